The Bertz CT molecular complexity index is 531. The van der Waals surface area contributed by atoms with E-state index >= 15 is 0 Å². The number of fused-ring (bicyclic) bond motifs is 2. The number of halogens is 1. The first-order valence-corrected chi connectivity index (χ1v) is 7.72. The number of hydrogen-bond donors (Lipinski definition) is 1. The number of hydrogen-bond acceptors (Lipinski definition) is 2. The zero-order valence-electron chi connectivity index (χ0n) is 11.7. The molecular weight excluding hydrogens is 274 g/mol. The lowest BCUT2D eigenvalue weighted by Gasteiger charge is -2.44. The zero-order chi connectivity index (χ0) is 14.3. The molecule has 1 aliphatic carbocycles. The molecule has 1 aromatic rings. The predicted molar refractivity (Wildman–Crippen MR) is 80.6 cm³/mol. The summed E-state index contributed by atoms with van der Waals surface area (Å²) in [6.07, 6.45) is 5.63. The maximum Gasteiger partial charge on any atom is 0.311 e. The molecule has 0 saturated heterocycles. The van der Waals surface area contributed by atoms with Crippen molar-refractivity contribution in [3.05, 3.63) is 28.8 Å². The molecule has 3 unspecified atom stereocenters. The molecule has 0 amide bonds. The van der Waals surface area contributed by atoms with Gasteiger partial charge in [-0.3, -0.25) is 4.79 Å². The highest BCUT2D eigenvalue weighted by atomic mass is 35.5. The van der Waals surface area contributed by atoms with Crippen LogP contribution in [0.4, 0.5) is 5.69 Å². The van der Waals surface area contributed by atoms with E-state index in [1.165, 1.54) is 12.8 Å². The maximum absolute atomic E-state index is 11.8. The number of nitrogens with zero attached hydrogens (tertiary/aromatic N) is 1. The van der Waals surface area contributed by atoms with Gasteiger partial charge in [-0.05, 0) is 36.5 Å². The zero-order valence-corrected chi connectivity index (χ0v) is 12.4. The van der Waals surface area contributed by atoms with Gasteiger partial charge in [-0.15, -0.1) is 0 Å². The number of aliphatic carboxylic acids is 1. The molecule has 3 nitrogen and oxygen atoms in total. The second-order valence-electron chi connectivity index (χ2n) is 6.00. The molecule has 1 heterocycles. The fourth-order valence-corrected chi connectivity index (χ4v) is 4.16. The van der Waals surface area contributed by atoms with Crippen molar-refractivity contribution in [2.75, 3.05) is 11.9 Å². The number of carboxylic acid groups (broad SMARTS) is 1. The molecule has 0 radical (unpaired) electrons. The molecule has 1 aliphatic heterocycles. The molecule has 2 aliphatic rings. The van der Waals surface area contributed by atoms with E-state index in [4.69, 9.17) is 11.6 Å². The van der Waals surface area contributed by atoms with Gasteiger partial charge in [0, 0.05) is 23.8 Å². The predicted octanol–water partition coefficient (Wildman–Crippen LogP) is 3.91. The van der Waals surface area contributed by atoms with Crippen molar-refractivity contribution in [1.82, 2.24) is 0 Å². The van der Waals surface area contributed by atoms with Gasteiger partial charge in [0.2, 0.25) is 0 Å². The quantitative estimate of drug-likeness (QED) is 0.853. The first kappa shape index (κ1) is 13.7. The maximum atomic E-state index is 11.8. The first-order chi connectivity index (χ1) is 9.59. The minimum atomic E-state index is -0.696. The Morgan fingerprint density at radius 3 is 2.80 bits per heavy atom. The Hall–Kier alpha value is -1.22. The molecule has 4 heteroatoms. The summed E-state index contributed by atoms with van der Waals surface area (Å²) in [5.41, 5.74) is 1.92. The van der Waals surface area contributed by atoms with Gasteiger partial charge in [0.1, 0.15) is 0 Å². The third-order valence-electron chi connectivity index (χ3n) is 4.93. The summed E-state index contributed by atoms with van der Waals surface area (Å²) < 4.78 is 0. The third-order valence-corrected chi connectivity index (χ3v) is 5.17. The van der Waals surface area contributed by atoms with E-state index in [9.17, 15) is 9.90 Å². The molecule has 108 valence electrons. The summed E-state index contributed by atoms with van der Waals surface area (Å²) in [6.45, 7) is 0. The minimum absolute atomic E-state index is 0.216. The van der Waals surface area contributed by atoms with Crippen LogP contribution in [0.1, 0.15) is 43.6 Å². The summed E-state index contributed by atoms with van der Waals surface area (Å²) >= 11 is 6.10. The van der Waals surface area contributed by atoms with Crippen LogP contribution >= 0.6 is 11.6 Å². The Balaban J connectivity index is 2.12. The van der Waals surface area contributed by atoms with Gasteiger partial charge in [-0.2, -0.15) is 0 Å². The lowest BCUT2D eigenvalue weighted by Crippen LogP contribution is -2.46. The lowest BCUT2D eigenvalue weighted by atomic mass is 9.74. The molecule has 1 N–H and O–H groups in total. The van der Waals surface area contributed by atoms with Gasteiger partial charge >= 0.3 is 5.97 Å². The largest absolute Gasteiger partial charge is 0.481 e. The highest BCUT2D eigenvalue weighted by molar-refractivity contribution is 6.30. The summed E-state index contributed by atoms with van der Waals surface area (Å²) in [5, 5.41) is 10.4. The molecule has 1 aromatic carbocycles. The van der Waals surface area contributed by atoms with Crippen LogP contribution in [-0.4, -0.2) is 24.2 Å². The van der Waals surface area contributed by atoms with Gasteiger partial charge in [-0.1, -0.05) is 36.9 Å². The average molecular weight is 294 g/mol. The summed E-state index contributed by atoms with van der Waals surface area (Å²) in [5.74, 6) is -0.867. The molecule has 1 fully saturated rings. The van der Waals surface area contributed by atoms with Gasteiger partial charge in [0.25, 0.3) is 0 Å². The fraction of sp³-hybridized carbons (Fsp3) is 0.562. The minimum Gasteiger partial charge on any atom is -0.481 e. The molecule has 1 saturated carbocycles. The Morgan fingerprint density at radius 1 is 1.30 bits per heavy atom. The lowest BCUT2D eigenvalue weighted by molar-refractivity contribution is -0.140. The van der Waals surface area contributed by atoms with E-state index in [0.29, 0.717) is 11.1 Å². The molecule has 20 heavy (non-hydrogen) atoms. The fourth-order valence-electron chi connectivity index (χ4n) is 4.00. The monoisotopic (exact) mass is 293 g/mol. The normalized spacial score (nSPS) is 29.3. The van der Waals surface area contributed by atoms with Crippen LogP contribution in [0.2, 0.25) is 5.02 Å². The van der Waals surface area contributed by atoms with Crippen LogP contribution in [0.3, 0.4) is 0 Å². The van der Waals surface area contributed by atoms with E-state index in [0.717, 1.165) is 30.5 Å². The number of anilines is 1. The second-order valence-corrected chi connectivity index (χ2v) is 6.44. The van der Waals surface area contributed by atoms with Crippen LogP contribution < -0.4 is 4.90 Å². The van der Waals surface area contributed by atoms with E-state index in [-0.39, 0.29) is 11.8 Å². The average Bonchev–Trinajstić information content (AvgIpc) is 2.65. The van der Waals surface area contributed by atoms with Crippen molar-refractivity contribution >= 4 is 23.3 Å². The van der Waals surface area contributed by atoms with Crippen molar-refractivity contribution in [2.24, 2.45) is 5.92 Å². The molecule has 0 bridgehead atoms. The standard InChI is InChI=1S/C16H20ClNO2/c1-18-13-6-4-2-3-5-11(13)15(16(19)20)12-8-7-10(17)9-14(12)18/h7-9,11,13,15H,2-6H2,1H3,(H,19,20). The topological polar surface area (TPSA) is 40.5 Å². The second kappa shape index (κ2) is 5.28. The number of benzene rings is 1. The van der Waals surface area contributed by atoms with E-state index < -0.39 is 5.97 Å². The van der Waals surface area contributed by atoms with Crippen LogP contribution in [0, 0.1) is 5.92 Å². The molecular formula is C16H20ClNO2. The van der Waals surface area contributed by atoms with Gasteiger partial charge in [0.15, 0.2) is 0 Å². The Kier molecular flexibility index (Phi) is 3.63. The van der Waals surface area contributed by atoms with Crippen molar-refractivity contribution < 1.29 is 9.90 Å². The number of carboxylic acids is 1. The van der Waals surface area contributed by atoms with Crippen LogP contribution in [0.15, 0.2) is 18.2 Å². The SMILES string of the molecule is CN1c2cc(Cl)ccc2C(C(=O)O)C2CCCCCC21. The Morgan fingerprint density at radius 2 is 2.05 bits per heavy atom. The summed E-state index contributed by atoms with van der Waals surface area (Å²) in [4.78, 5) is 14.1. The molecule has 3 rings (SSSR count). The highest BCUT2D eigenvalue weighted by Crippen LogP contribution is 2.47. The van der Waals surface area contributed by atoms with E-state index in [1.54, 1.807) is 6.07 Å². The van der Waals surface area contributed by atoms with Crippen molar-refractivity contribution in [2.45, 2.75) is 44.1 Å². The Labute approximate surface area is 124 Å². The first-order valence-electron chi connectivity index (χ1n) is 7.34. The molecule has 0 aromatic heterocycles. The van der Waals surface area contributed by atoms with Gasteiger partial charge in [0.05, 0.1) is 5.92 Å². The van der Waals surface area contributed by atoms with Crippen molar-refractivity contribution in [3.63, 3.8) is 0 Å². The van der Waals surface area contributed by atoms with Gasteiger partial charge in [-0.25, -0.2) is 0 Å². The molecule has 3 atom stereocenters. The van der Waals surface area contributed by atoms with Crippen LogP contribution in [0.25, 0.3) is 0 Å². The van der Waals surface area contributed by atoms with E-state index in [2.05, 4.69) is 11.9 Å². The number of rotatable bonds is 1. The third kappa shape index (κ3) is 2.18. The van der Waals surface area contributed by atoms with Crippen LogP contribution in [0.5, 0.6) is 0 Å². The van der Waals surface area contributed by atoms with E-state index in [1.807, 2.05) is 12.1 Å². The molecule has 0 spiro atoms. The summed E-state index contributed by atoms with van der Waals surface area (Å²) in [6, 6.07) is 5.94. The summed E-state index contributed by atoms with van der Waals surface area (Å²) in [7, 11) is 2.08. The smallest absolute Gasteiger partial charge is 0.311 e. The van der Waals surface area contributed by atoms with Crippen LogP contribution in [-0.2, 0) is 4.79 Å². The van der Waals surface area contributed by atoms with Crippen molar-refractivity contribution in [1.29, 1.82) is 0 Å². The van der Waals surface area contributed by atoms with Crippen molar-refractivity contribution in [3.8, 4) is 0 Å². The number of carbonyl (C=O) groups is 1. The van der Waals surface area contributed by atoms with Gasteiger partial charge < -0.3 is 10.0 Å². The highest BCUT2D eigenvalue weighted by Gasteiger charge is 2.43.